The summed E-state index contributed by atoms with van der Waals surface area (Å²) in [6.45, 7) is 5.53. The Hall–Kier alpha value is -1.02. The van der Waals surface area contributed by atoms with Crippen LogP contribution in [0.3, 0.4) is 0 Å². The monoisotopic (exact) mass is 203 g/mol. The van der Waals surface area contributed by atoms with Crippen LogP contribution in [0.4, 0.5) is 5.69 Å². The Kier molecular flexibility index (Phi) is 2.17. The smallest absolute Gasteiger partial charge is 0.0984 e. The molecule has 0 N–H and O–H groups in total. The lowest BCUT2D eigenvalue weighted by Gasteiger charge is -2.34. The minimum Gasteiger partial charge on any atom is -0.371 e. The fourth-order valence-corrected chi connectivity index (χ4v) is 2.50. The van der Waals surface area contributed by atoms with E-state index in [0.29, 0.717) is 6.10 Å². The fraction of sp³-hybridized carbons (Fsp3) is 0.538. The molecule has 1 aromatic carbocycles. The summed E-state index contributed by atoms with van der Waals surface area (Å²) in [5, 5.41) is 0. The molecular weight excluding hydrogens is 186 g/mol. The van der Waals surface area contributed by atoms with Crippen LogP contribution in [0.15, 0.2) is 24.3 Å². The van der Waals surface area contributed by atoms with E-state index in [-0.39, 0.29) is 0 Å². The summed E-state index contributed by atoms with van der Waals surface area (Å²) in [6, 6.07) is 8.77. The molecule has 3 rings (SSSR count). The molecule has 2 nitrogen and oxygen atoms in total. The molecule has 1 saturated heterocycles. The molecule has 0 bridgehead atoms. The van der Waals surface area contributed by atoms with Crippen LogP contribution in [0, 0.1) is 5.92 Å². The standard InChI is InChI=1S/C13H17NO/c1-10-6-11-4-2-3-5-13(11)14(7-10)8-12-9-15-12/h2-5,10,12H,6-9H2,1H3. The molecule has 15 heavy (non-hydrogen) atoms. The van der Waals surface area contributed by atoms with E-state index in [1.807, 2.05) is 0 Å². The second kappa shape index (κ2) is 3.53. The van der Waals surface area contributed by atoms with E-state index in [1.54, 1.807) is 0 Å². The topological polar surface area (TPSA) is 15.8 Å². The van der Waals surface area contributed by atoms with Crippen LogP contribution in [0.5, 0.6) is 0 Å². The Balaban J connectivity index is 1.87. The molecule has 2 aliphatic rings. The van der Waals surface area contributed by atoms with Gasteiger partial charge in [0, 0.05) is 18.8 Å². The van der Waals surface area contributed by atoms with Crippen molar-refractivity contribution in [3.05, 3.63) is 29.8 Å². The van der Waals surface area contributed by atoms with E-state index < -0.39 is 0 Å². The predicted molar refractivity (Wildman–Crippen MR) is 61.3 cm³/mol. The van der Waals surface area contributed by atoms with E-state index in [4.69, 9.17) is 4.74 Å². The van der Waals surface area contributed by atoms with E-state index in [2.05, 4.69) is 36.1 Å². The van der Waals surface area contributed by atoms with Crippen molar-refractivity contribution >= 4 is 5.69 Å². The molecule has 80 valence electrons. The van der Waals surface area contributed by atoms with Gasteiger partial charge in [-0.2, -0.15) is 0 Å². The molecular formula is C13H17NO. The third-order valence-corrected chi connectivity index (χ3v) is 3.26. The minimum absolute atomic E-state index is 0.489. The van der Waals surface area contributed by atoms with Gasteiger partial charge in [-0.05, 0) is 24.0 Å². The highest BCUT2D eigenvalue weighted by Gasteiger charge is 2.29. The zero-order valence-electron chi connectivity index (χ0n) is 9.15. The first-order valence-electron chi connectivity index (χ1n) is 5.77. The van der Waals surface area contributed by atoms with E-state index in [0.717, 1.165) is 19.1 Å². The molecule has 0 saturated carbocycles. The number of rotatable bonds is 2. The van der Waals surface area contributed by atoms with Crippen LogP contribution in [-0.4, -0.2) is 25.8 Å². The van der Waals surface area contributed by atoms with Crippen molar-refractivity contribution in [2.24, 2.45) is 5.92 Å². The maximum Gasteiger partial charge on any atom is 0.0984 e. The number of hydrogen-bond donors (Lipinski definition) is 0. The first-order valence-corrected chi connectivity index (χ1v) is 5.77. The van der Waals surface area contributed by atoms with Gasteiger partial charge >= 0.3 is 0 Å². The lowest BCUT2D eigenvalue weighted by atomic mass is 9.94. The number of hydrogen-bond acceptors (Lipinski definition) is 2. The molecule has 2 aliphatic heterocycles. The highest BCUT2D eigenvalue weighted by molar-refractivity contribution is 5.55. The van der Waals surface area contributed by atoms with Crippen LogP contribution in [0.25, 0.3) is 0 Å². The van der Waals surface area contributed by atoms with Crippen molar-refractivity contribution in [1.82, 2.24) is 0 Å². The molecule has 0 aromatic heterocycles. The second-order valence-corrected chi connectivity index (χ2v) is 4.80. The summed E-state index contributed by atoms with van der Waals surface area (Å²) in [7, 11) is 0. The number of nitrogens with zero attached hydrogens (tertiary/aromatic N) is 1. The van der Waals surface area contributed by atoms with Gasteiger partial charge in [-0.3, -0.25) is 0 Å². The summed E-state index contributed by atoms with van der Waals surface area (Å²) >= 11 is 0. The van der Waals surface area contributed by atoms with Gasteiger partial charge in [0.2, 0.25) is 0 Å². The maximum absolute atomic E-state index is 5.32. The van der Waals surface area contributed by atoms with Crippen LogP contribution >= 0.6 is 0 Å². The summed E-state index contributed by atoms with van der Waals surface area (Å²) < 4.78 is 5.32. The average Bonchev–Trinajstić information content (AvgIpc) is 3.01. The lowest BCUT2D eigenvalue weighted by molar-refractivity contribution is 0.400. The van der Waals surface area contributed by atoms with Gasteiger partial charge in [0.25, 0.3) is 0 Å². The predicted octanol–water partition coefficient (Wildman–Crippen LogP) is 2.08. The molecule has 1 fully saturated rings. The Morgan fingerprint density at radius 2 is 2.20 bits per heavy atom. The van der Waals surface area contributed by atoms with E-state index in [1.165, 1.54) is 24.2 Å². The molecule has 0 amide bonds. The number of fused-ring (bicyclic) bond motifs is 1. The normalized spacial score (nSPS) is 28.7. The largest absolute Gasteiger partial charge is 0.371 e. The minimum atomic E-state index is 0.489. The van der Waals surface area contributed by atoms with E-state index in [9.17, 15) is 0 Å². The number of ether oxygens (including phenoxy) is 1. The van der Waals surface area contributed by atoms with Gasteiger partial charge in [0.1, 0.15) is 0 Å². The van der Waals surface area contributed by atoms with Gasteiger partial charge < -0.3 is 9.64 Å². The lowest BCUT2D eigenvalue weighted by Crippen LogP contribution is -2.36. The van der Waals surface area contributed by atoms with Crippen molar-refractivity contribution < 1.29 is 4.74 Å². The molecule has 0 spiro atoms. The molecule has 0 aliphatic carbocycles. The first-order chi connectivity index (χ1) is 7.33. The van der Waals surface area contributed by atoms with E-state index >= 15 is 0 Å². The Bertz CT molecular complexity index is 359. The Morgan fingerprint density at radius 3 is 3.00 bits per heavy atom. The highest BCUT2D eigenvalue weighted by Crippen LogP contribution is 2.30. The molecule has 2 atom stereocenters. The zero-order valence-corrected chi connectivity index (χ0v) is 9.15. The van der Waals surface area contributed by atoms with Crippen LogP contribution in [-0.2, 0) is 11.2 Å². The fourth-order valence-electron chi connectivity index (χ4n) is 2.50. The van der Waals surface area contributed by atoms with Gasteiger partial charge in [-0.1, -0.05) is 25.1 Å². The van der Waals surface area contributed by atoms with Crippen molar-refractivity contribution in [2.75, 3.05) is 24.6 Å². The molecule has 0 radical (unpaired) electrons. The quantitative estimate of drug-likeness (QED) is 0.684. The number of para-hydroxylation sites is 1. The van der Waals surface area contributed by atoms with Gasteiger partial charge in [0.15, 0.2) is 0 Å². The number of epoxide rings is 1. The zero-order chi connectivity index (χ0) is 10.3. The third-order valence-electron chi connectivity index (χ3n) is 3.26. The first kappa shape index (κ1) is 9.22. The van der Waals surface area contributed by atoms with Gasteiger partial charge in [-0.25, -0.2) is 0 Å². The van der Waals surface area contributed by atoms with Crippen molar-refractivity contribution in [3.63, 3.8) is 0 Å². The SMILES string of the molecule is CC1Cc2ccccc2N(CC2CO2)C1. The third kappa shape index (κ3) is 1.86. The maximum atomic E-state index is 5.32. The van der Waals surface area contributed by atoms with Crippen molar-refractivity contribution in [2.45, 2.75) is 19.4 Å². The summed E-state index contributed by atoms with van der Waals surface area (Å²) in [6.07, 6.45) is 1.71. The number of anilines is 1. The number of benzene rings is 1. The Labute approximate surface area is 90.8 Å². The molecule has 2 heteroatoms. The summed E-state index contributed by atoms with van der Waals surface area (Å²) in [5.74, 6) is 0.763. The van der Waals surface area contributed by atoms with Crippen LogP contribution < -0.4 is 4.90 Å². The van der Waals surface area contributed by atoms with Gasteiger partial charge in [0.05, 0.1) is 12.7 Å². The Morgan fingerprint density at radius 1 is 1.40 bits per heavy atom. The van der Waals surface area contributed by atoms with Crippen LogP contribution in [0.1, 0.15) is 12.5 Å². The second-order valence-electron chi connectivity index (χ2n) is 4.80. The molecule has 2 unspecified atom stereocenters. The summed E-state index contributed by atoms with van der Waals surface area (Å²) in [5.41, 5.74) is 2.92. The van der Waals surface area contributed by atoms with Crippen molar-refractivity contribution in [3.8, 4) is 0 Å². The average molecular weight is 203 g/mol. The van der Waals surface area contributed by atoms with Crippen molar-refractivity contribution in [1.29, 1.82) is 0 Å². The molecule has 1 aromatic rings. The van der Waals surface area contributed by atoms with Gasteiger partial charge in [-0.15, -0.1) is 0 Å². The highest BCUT2D eigenvalue weighted by atomic mass is 16.6. The summed E-state index contributed by atoms with van der Waals surface area (Å²) in [4.78, 5) is 2.49. The molecule has 2 heterocycles. The van der Waals surface area contributed by atoms with Crippen LogP contribution in [0.2, 0.25) is 0 Å².